The number of hydrogen-bond acceptors (Lipinski definition) is 3. The molecule has 5 nitrogen and oxygen atoms in total. The van der Waals surface area contributed by atoms with E-state index in [0.29, 0.717) is 17.0 Å². The van der Waals surface area contributed by atoms with E-state index in [1.807, 2.05) is 0 Å². The zero-order valence-corrected chi connectivity index (χ0v) is 12.2. The van der Waals surface area contributed by atoms with Crippen LogP contribution in [0.5, 0.6) is 0 Å². The molecule has 1 aromatic rings. The third-order valence-corrected chi connectivity index (χ3v) is 5.26. The van der Waals surface area contributed by atoms with E-state index in [2.05, 4.69) is 5.32 Å². The van der Waals surface area contributed by atoms with Gasteiger partial charge in [0.2, 0.25) is 5.91 Å². The Morgan fingerprint density at radius 1 is 1.09 bits per heavy atom. The highest BCUT2D eigenvalue weighted by atomic mass is 16.2. The molecule has 0 spiro atoms. The van der Waals surface area contributed by atoms with Crippen LogP contribution in [0, 0.1) is 11.8 Å². The Balaban J connectivity index is 1.43. The Hall–Kier alpha value is -2.17. The van der Waals surface area contributed by atoms with Crippen LogP contribution >= 0.6 is 0 Å². The number of benzene rings is 1. The molecular formula is C17H18N2O3. The van der Waals surface area contributed by atoms with E-state index in [4.69, 9.17) is 0 Å². The van der Waals surface area contributed by atoms with Gasteiger partial charge < -0.3 is 5.32 Å². The maximum atomic E-state index is 12.2. The molecule has 4 rings (SSSR count). The number of carbonyl (C=O) groups excluding carboxylic acids is 3. The second-order valence-electron chi connectivity index (χ2n) is 6.59. The topological polar surface area (TPSA) is 66.5 Å². The van der Waals surface area contributed by atoms with Crippen molar-refractivity contribution >= 4 is 17.7 Å². The molecule has 3 aliphatic rings. The van der Waals surface area contributed by atoms with Crippen molar-refractivity contribution in [3.63, 3.8) is 0 Å². The van der Waals surface area contributed by atoms with Gasteiger partial charge in [0.1, 0.15) is 6.54 Å². The standard InChI is InChI=1S/C17H18N2O3/c20-15(18-14-8-10-5-6-11(14)7-10)9-19-16(21)12-3-1-2-4-13(12)17(19)22/h1-4,10-11,14H,5-9H2,(H,18,20)/t10-,11-,14-/m0/s1. The third-order valence-electron chi connectivity index (χ3n) is 5.26. The summed E-state index contributed by atoms with van der Waals surface area (Å²) < 4.78 is 0. The number of imide groups is 1. The maximum Gasteiger partial charge on any atom is 0.262 e. The van der Waals surface area contributed by atoms with E-state index < -0.39 is 0 Å². The number of fused-ring (bicyclic) bond motifs is 3. The van der Waals surface area contributed by atoms with Crippen molar-refractivity contribution in [2.75, 3.05) is 6.54 Å². The fourth-order valence-corrected chi connectivity index (χ4v) is 4.20. The van der Waals surface area contributed by atoms with Crippen molar-refractivity contribution < 1.29 is 14.4 Å². The molecule has 1 aromatic carbocycles. The first-order valence-corrected chi connectivity index (χ1v) is 7.88. The van der Waals surface area contributed by atoms with Gasteiger partial charge in [0.05, 0.1) is 11.1 Å². The number of carbonyl (C=O) groups is 3. The molecule has 2 saturated carbocycles. The predicted octanol–water partition coefficient (Wildman–Crippen LogP) is 1.59. The van der Waals surface area contributed by atoms with E-state index >= 15 is 0 Å². The van der Waals surface area contributed by atoms with Crippen LogP contribution in [0.4, 0.5) is 0 Å². The van der Waals surface area contributed by atoms with Crippen molar-refractivity contribution in [1.82, 2.24) is 10.2 Å². The normalized spacial score (nSPS) is 29.1. The Morgan fingerprint density at radius 2 is 1.77 bits per heavy atom. The van der Waals surface area contributed by atoms with Crippen LogP contribution in [0.3, 0.4) is 0 Å². The number of hydrogen-bond donors (Lipinski definition) is 1. The average Bonchev–Trinajstić information content (AvgIpc) is 3.19. The lowest BCUT2D eigenvalue weighted by Crippen LogP contribution is -2.45. The van der Waals surface area contributed by atoms with Crippen molar-refractivity contribution in [3.8, 4) is 0 Å². The Kier molecular flexibility index (Phi) is 3.03. The van der Waals surface area contributed by atoms with Crippen LogP contribution in [-0.2, 0) is 4.79 Å². The van der Waals surface area contributed by atoms with Gasteiger partial charge in [-0.3, -0.25) is 19.3 Å². The van der Waals surface area contributed by atoms with Crippen LogP contribution in [0.15, 0.2) is 24.3 Å². The fraction of sp³-hybridized carbons (Fsp3) is 0.471. The Morgan fingerprint density at radius 3 is 2.32 bits per heavy atom. The van der Waals surface area contributed by atoms with Gasteiger partial charge in [-0.05, 0) is 43.2 Å². The molecule has 22 heavy (non-hydrogen) atoms. The molecular weight excluding hydrogens is 280 g/mol. The monoisotopic (exact) mass is 298 g/mol. The summed E-state index contributed by atoms with van der Waals surface area (Å²) in [5.74, 6) is 0.352. The largest absolute Gasteiger partial charge is 0.352 e. The summed E-state index contributed by atoms with van der Waals surface area (Å²) >= 11 is 0. The molecule has 0 unspecified atom stereocenters. The van der Waals surface area contributed by atoms with Crippen LogP contribution in [0.25, 0.3) is 0 Å². The molecule has 0 aromatic heterocycles. The van der Waals surface area contributed by atoms with E-state index in [1.165, 1.54) is 19.3 Å². The molecule has 2 bridgehead atoms. The molecule has 2 aliphatic carbocycles. The minimum Gasteiger partial charge on any atom is -0.352 e. The van der Waals surface area contributed by atoms with Crippen LogP contribution in [-0.4, -0.2) is 35.2 Å². The maximum absolute atomic E-state index is 12.2. The van der Waals surface area contributed by atoms with E-state index in [-0.39, 0.29) is 30.3 Å². The summed E-state index contributed by atoms with van der Waals surface area (Å²) in [6.07, 6.45) is 4.70. The van der Waals surface area contributed by atoms with Gasteiger partial charge in [0.15, 0.2) is 0 Å². The molecule has 1 heterocycles. The van der Waals surface area contributed by atoms with Gasteiger partial charge in [-0.2, -0.15) is 0 Å². The number of rotatable bonds is 3. The predicted molar refractivity (Wildman–Crippen MR) is 79.2 cm³/mol. The van der Waals surface area contributed by atoms with Crippen molar-refractivity contribution in [2.45, 2.75) is 31.7 Å². The molecule has 1 N–H and O–H groups in total. The molecule has 0 saturated heterocycles. The van der Waals surface area contributed by atoms with Crippen molar-refractivity contribution in [1.29, 1.82) is 0 Å². The third kappa shape index (κ3) is 2.03. The van der Waals surface area contributed by atoms with E-state index in [1.54, 1.807) is 24.3 Å². The lowest BCUT2D eigenvalue weighted by Gasteiger charge is -2.24. The first kappa shape index (κ1) is 13.5. The molecule has 5 heteroatoms. The number of nitrogens with one attached hydrogen (secondary N) is 1. The Bertz CT molecular complexity index is 635. The minimum atomic E-state index is -0.372. The molecule has 3 amide bonds. The highest BCUT2D eigenvalue weighted by molar-refractivity contribution is 6.22. The van der Waals surface area contributed by atoms with Crippen LogP contribution in [0.2, 0.25) is 0 Å². The number of amides is 3. The number of nitrogens with zero attached hydrogens (tertiary/aromatic N) is 1. The SMILES string of the molecule is O=C(CN1C(=O)c2ccccc2C1=O)N[C@H]1C[C@H]2CC[C@H]1C2. The molecule has 3 atom stereocenters. The summed E-state index contributed by atoms with van der Waals surface area (Å²) in [4.78, 5) is 37.7. The first-order chi connectivity index (χ1) is 10.6. The first-order valence-electron chi connectivity index (χ1n) is 7.88. The van der Waals surface area contributed by atoms with Crippen molar-refractivity contribution in [3.05, 3.63) is 35.4 Å². The fourth-order valence-electron chi connectivity index (χ4n) is 4.20. The highest BCUT2D eigenvalue weighted by Crippen LogP contribution is 2.44. The highest BCUT2D eigenvalue weighted by Gasteiger charge is 2.41. The molecule has 1 aliphatic heterocycles. The molecule has 114 valence electrons. The van der Waals surface area contributed by atoms with Gasteiger partial charge >= 0.3 is 0 Å². The summed E-state index contributed by atoms with van der Waals surface area (Å²) in [6.45, 7) is -0.180. The minimum absolute atomic E-state index is 0.180. The Labute approximate surface area is 128 Å². The van der Waals surface area contributed by atoms with E-state index in [9.17, 15) is 14.4 Å². The lowest BCUT2D eigenvalue weighted by atomic mass is 9.95. The van der Waals surface area contributed by atoms with Gasteiger partial charge in [-0.1, -0.05) is 18.6 Å². The lowest BCUT2D eigenvalue weighted by molar-refractivity contribution is -0.122. The van der Waals surface area contributed by atoms with E-state index in [0.717, 1.165) is 17.2 Å². The van der Waals surface area contributed by atoms with Gasteiger partial charge in [-0.25, -0.2) is 0 Å². The second kappa shape index (κ2) is 4.93. The average molecular weight is 298 g/mol. The van der Waals surface area contributed by atoms with Crippen molar-refractivity contribution in [2.24, 2.45) is 11.8 Å². The van der Waals surface area contributed by atoms with Gasteiger partial charge in [-0.15, -0.1) is 0 Å². The second-order valence-corrected chi connectivity index (χ2v) is 6.59. The molecule has 0 radical (unpaired) electrons. The van der Waals surface area contributed by atoms with Crippen LogP contribution < -0.4 is 5.32 Å². The summed E-state index contributed by atoms with van der Waals surface area (Å²) in [6, 6.07) is 6.93. The quantitative estimate of drug-likeness (QED) is 0.862. The zero-order chi connectivity index (χ0) is 15.3. The van der Waals surface area contributed by atoms with Crippen LogP contribution in [0.1, 0.15) is 46.4 Å². The van der Waals surface area contributed by atoms with Gasteiger partial charge in [0, 0.05) is 6.04 Å². The van der Waals surface area contributed by atoms with Gasteiger partial charge in [0.25, 0.3) is 11.8 Å². The summed E-state index contributed by atoms with van der Waals surface area (Å²) in [5, 5.41) is 3.02. The summed E-state index contributed by atoms with van der Waals surface area (Å²) in [5.41, 5.74) is 0.778. The summed E-state index contributed by atoms with van der Waals surface area (Å²) in [7, 11) is 0. The smallest absolute Gasteiger partial charge is 0.262 e. The molecule has 2 fully saturated rings. The zero-order valence-electron chi connectivity index (χ0n) is 12.2.